The third-order valence-electron chi connectivity index (χ3n) is 4.94. The van der Waals surface area contributed by atoms with Gasteiger partial charge in [0.15, 0.2) is 0 Å². The molecule has 19 heavy (non-hydrogen) atoms. The first-order valence-electron chi connectivity index (χ1n) is 8.02. The highest BCUT2D eigenvalue weighted by Crippen LogP contribution is 2.30. The number of ether oxygens (including phenoxy) is 1. The molecule has 2 aliphatic rings. The average Bonchev–Trinajstić information content (AvgIpc) is 2.41. The second kappa shape index (κ2) is 7.12. The van der Waals surface area contributed by atoms with Gasteiger partial charge in [-0.1, -0.05) is 26.7 Å². The van der Waals surface area contributed by atoms with Crippen LogP contribution in [0.15, 0.2) is 12.3 Å². The summed E-state index contributed by atoms with van der Waals surface area (Å²) in [5.74, 6) is 2.41. The summed E-state index contributed by atoms with van der Waals surface area (Å²) < 4.78 is 5.33. The summed E-state index contributed by atoms with van der Waals surface area (Å²) in [4.78, 5) is 11.9. The SMILES string of the molecule is CC1CCC(/C=C/OC(=O)C2CCC(C)CC2)CC1. The normalized spacial score (nSPS) is 36.3. The molecule has 0 unspecified atom stereocenters. The number of allylic oxidation sites excluding steroid dienone is 1. The molecule has 0 aromatic carbocycles. The first-order chi connectivity index (χ1) is 9.15. The highest BCUT2D eigenvalue weighted by molar-refractivity contribution is 5.73. The van der Waals surface area contributed by atoms with E-state index in [1.807, 2.05) is 0 Å². The van der Waals surface area contributed by atoms with Gasteiger partial charge in [-0.15, -0.1) is 0 Å². The standard InChI is InChI=1S/C17H28O2/c1-13-3-7-15(8-4-13)11-12-19-17(18)16-9-5-14(2)6-10-16/h11-16H,3-10H2,1-2H3/b12-11+. The summed E-state index contributed by atoms with van der Waals surface area (Å²) in [6.45, 7) is 4.59. The number of esters is 1. The van der Waals surface area contributed by atoms with Crippen LogP contribution in [-0.2, 0) is 9.53 Å². The van der Waals surface area contributed by atoms with Gasteiger partial charge < -0.3 is 4.74 Å². The summed E-state index contributed by atoms with van der Waals surface area (Å²) in [7, 11) is 0. The Morgan fingerprint density at radius 3 is 2.00 bits per heavy atom. The molecule has 0 saturated heterocycles. The summed E-state index contributed by atoms with van der Waals surface area (Å²) in [5.41, 5.74) is 0. The molecule has 2 fully saturated rings. The molecule has 0 amide bonds. The quantitative estimate of drug-likeness (QED) is 0.545. The van der Waals surface area contributed by atoms with Crippen LogP contribution in [0, 0.1) is 23.7 Å². The fraction of sp³-hybridized carbons (Fsp3) is 0.824. The van der Waals surface area contributed by atoms with E-state index in [1.165, 1.54) is 38.5 Å². The minimum atomic E-state index is -0.00710. The predicted molar refractivity (Wildman–Crippen MR) is 77.5 cm³/mol. The highest BCUT2D eigenvalue weighted by Gasteiger charge is 2.25. The van der Waals surface area contributed by atoms with Crippen LogP contribution in [0.2, 0.25) is 0 Å². The van der Waals surface area contributed by atoms with Crippen LogP contribution in [0.3, 0.4) is 0 Å². The number of rotatable bonds is 3. The maximum absolute atomic E-state index is 11.9. The number of carbonyl (C=O) groups excluding carboxylic acids is 1. The van der Waals surface area contributed by atoms with E-state index in [-0.39, 0.29) is 11.9 Å². The van der Waals surface area contributed by atoms with Crippen LogP contribution in [0.5, 0.6) is 0 Å². The molecule has 0 atom stereocenters. The van der Waals surface area contributed by atoms with Gasteiger partial charge in [-0.05, 0) is 62.4 Å². The molecule has 0 heterocycles. The Morgan fingerprint density at radius 2 is 1.42 bits per heavy atom. The van der Waals surface area contributed by atoms with Crippen molar-refractivity contribution in [3.05, 3.63) is 12.3 Å². The maximum Gasteiger partial charge on any atom is 0.313 e. The Hall–Kier alpha value is -0.790. The van der Waals surface area contributed by atoms with Crippen LogP contribution in [0.4, 0.5) is 0 Å². The molecular formula is C17H28O2. The number of hydrogen-bond donors (Lipinski definition) is 0. The van der Waals surface area contributed by atoms with Crippen molar-refractivity contribution in [2.45, 2.75) is 65.2 Å². The van der Waals surface area contributed by atoms with Crippen molar-refractivity contribution in [2.24, 2.45) is 23.7 Å². The van der Waals surface area contributed by atoms with Gasteiger partial charge in [-0.25, -0.2) is 0 Å². The van der Waals surface area contributed by atoms with Crippen molar-refractivity contribution in [1.29, 1.82) is 0 Å². The molecule has 2 nitrogen and oxygen atoms in total. The largest absolute Gasteiger partial charge is 0.435 e. The first kappa shape index (κ1) is 14.6. The topological polar surface area (TPSA) is 26.3 Å². The van der Waals surface area contributed by atoms with Crippen molar-refractivity contribution in [2.75, 3.05) is 0 Å². The zero-order valence-electron chi connectivity index (χ0n) is 12.4. The van der Waals surface area contributed by atoms with Gasteiger partial charge in [0.2, 0.25) is 0 Å². The molecule has 0 radical (unpaired) electrons. The fourth-order valence-electron chi connectivity index (χ4n) is 3.29. The Labute approximate surface area is 117 Å². The van der Waals surface area contributed by atoms with Gasteiger partial charge >= 0.3 is 5.97 Å². The van der Waals surface area contributed by atoms with Crippen molar-refractivity contribution in [3.8, 4) is 0 Å². The Bertz CT molecular complexity index is 305. The molecule has 0 aromatic rings. The maximum atomic E-state index is 11.9. The van der Waals surface area contributed by atoms with Gasteiger partial charge in [0.1, 0.15) is 0 Å². The highest BCUT2D eigenvalue weighted by atomic mass is 16.5. The van der Waals surface area contributed by atoms with E-state index in [4.69, 9.17) is 4.74 Å². The molecule has 0 spiro atoms. The lowest BCUT2D eigenvalue weighted by Gasteiger charge is -2.24. The Kier molecular flexibility index (Phi) is 5.47. The van der Waals surface area contributed by atoms with Crippen LogP contribution in [0.25, 0.3) is 0 Å². The van der Waals surface area contributed by atoms with E-state index >= 15 is 0 Å². The van der Waals surface area contributed by atoms with E-state index in [0.29, 0.717) is 5.92 Å². The van der Waals surface area contributed by atoms with Gasteiger partial charge in [0, 0.05) is 0 Å². The second-order valence-electron chi connectivity index (χ2n) is 6.74. The van der Waals surface area contributed by atoms with Crippen molar-refractivity contribution >= 4 is 5.97 Å². The third-order valence-corrected chi connectivity index (χ3v) is 4.94. The smallest absolute Gasteiger partial charge is 0.313 e. The lowest BCUT2D eigenvalue weighted by Crippen LogP contribution is -2.21. The van der Waals surface area contributed by atoms with Crippen molar-refractivity contribution in [1.82, 2.24) is 0 Å². The van der Waals surface area contributed by atoms with Crippen LogP contribution in [-0.4, -0.2) is 5.97 Å². The van der Waals surface area contributed by atoms with E-state index in [2.05, 4.69) is 19.9 Å². The van der Waals surface area contributed by atoms with E-state index in [0.717, 1.165) is 24.7 Å². The second-order valence-corrected chi connectivity index (χ2v) is 6.74. The Balaban J connectivity index is 1.68. The van der Waals surface area contributed by atoms with Gasteiger partial charge in [0.05, 0.1) is 12.2 Å². The van der Waals surface area contributed by atoms with Crippen LogP contribution >= 0.6 is 0 Å². The monoisotopic (exact) mass is 264 g/mol. The fourth-order valence-corrected chi connectivity index (χ4v) is 3.29. The molecule has 0 N–H and O–H groups in total. The summed E-state index contributed by atoms with van der Waals surface area (Å²) in [6, 6.07) is 0. The van der Waals surface area contributed by atoms with Gasteiger partial charge in [-0.3, -0.25) is 4.79 Å². The molecule has 2 saturated carbocycles. The van der Waals surface area contributed by atoms with Crippen molar-refractivity contribution < 1.29 is 9.53 Å². The lowest BCUT2D eigenvalue weighted by molar-refractivity contribution is -0.144. The minimum absolute atomic E-state index is 0.00710. The molecule has 0 bridgehead atoms. The van der Waals surface area contributed by atoms with Crippen molar-refractivity contribution in [3.63, 3.8) is 0 Å². The van der Waals surface area contributed by atoms with Gasteiger partial charge in [-0.2, -0.15) is 0 Å². The van der Waals surface area contributed by atoms with E-state index in [1.54, 1.807) is 6.26 Å². The Morgan fingerprint density at radius 1 is 0.895 bits per heavy atom. The molecular weight excluding hydrogens is 236 g/mol. The third kappa shape index (κ3) is 4.67. The molecule has 2 heteroatoms. The van der Waals surface area contributed by atoms with E-state index < -0.39 is 0 Å². The molecule has 2 aliphatic carbocycles. The number of carbonyl (C=O) groups is 1. The predicted octanol–water partition coefficient (Wildman–Crippen LogP) is 4.70. The molecule has 108 valence electrons. The summed E-state index contributed by atoms with van der Waals surface area (Å²) >= 11 is 0. The number of hydrogen-bond acceptors (Lipinski definition) is 2. The summed E-state index contributed by atoms with van der Waals surface area (Å²) in [5, 5.41) is 0. The average molecular weight is 264 g/mol. The van der Waals surface area contributed by atoms with E-state index in [9.17, 15) is 4.79 Å². The van der Waals surface area contributed by atoms with Gasteiger partial charge in [0.25, 0.3) is 0 Å². The first-order valence-corrected chi connectivity index (χ1v) is 8.02. The van der Waals surface area contributed by atoms with Crippen LogP contribution in [0.1, 0.15) is 65.2 Å². The molecule has 0 aliphatic heterocycles. The zero-order valence-corrected chi connectivity index (χ0v) is 12.4. The molecule has 0 aromatic heterocycles. The van der Waals surface area contributed by atoms with Crippen LogP contribution < -0.4 is 0 Å². The zero-order chi connectivity index (χ0) is 13.7. The lowest BCUT2D eigenvalue weighted by atomic mass is 9.83. The molecule has 2 rings (SSSR count). The minimum Gasteiger partial charge on any atom is -0.435 e. The summed E-state index contributed by atoms with van der Waals surface area (Å²) in [6.07, 6.45) is 13.2.